The molecule has 3 heteroatoms. The lowest BCUT2D eigenvalue weighted by molar-refractivity contribution is -0.662. The number of hydrogen-bond donors (Lipinski definition) is 1. The molecule has 1 N–H and O–H groups in total. The van der Waals surface area contributed by atoms with Gasteiger partial charge in [-0.05, 0) is 37.3 Å². The lowest BCUT2D eigenvalue weighted by atomic mass is 9.73. The number of rotatable bonds is 5. The van der Waals surface area contributed by atoms with Crippen molar-refractivity contribution >= 4 is 10.9 Å². The first-order valence-corrected chi connectivity index (χ1v) is 10.7. The van der Waals surface area contributed by atoms with Crippen LogP contribution in [0.4, 0.5) is 0 Å². The quantitative estimate of drug-likeness (QED) is 0.529. The molecular weight excluding hydrogens is 356 g/mol. The molecule has 3 fully saturated rings. The number of piperidine rings is 3. The SMILES string of the molecule is C=C[C@H]1CN2CC[C@H]1C[C@@H]2[C@H](O)c1cc[n+](Cc2ccccc2)c2ccccc12. The average Bonchev–Trinajstić information content (AvgIpc) is 2.79. The van der Waals surface area contributed by atoms with Crippen LogP contribution in [0.5, 0.6) is 0 Å². The van der Waals surface area contributed by atoms with Gasteiger partial charge in [-0.1, -0.05) is 48.5 Å². The first-order valence-electron chi connectivity index (χ1n) is 10.7. The maximum absolute atomic E-state index is 11.4. The fourth-order valence-electron chi connectivity index (χ4n) is 5.40. The summed E-state index contributed by atoms with van der Waals surface area (Å²) in [4.78, 5) is 2.48. The number of hydrogen-bond acceptors (Lipinski definition) is 2. The maximum Gasteiger partial charge on any atom is 0.213 e. The summed E-state index contributed by atoms with van der Waals surface area (Å²) >= 11 is 0. The number of benzene rings is 2. The number of aromatic nitrogens is 1. The van der Waals surface area contributed by atoms with Gasteiger partial charge in [0.2, 0.25) is 5.52 Å². The fraction of sp³-hybridized carbons (Fsp3) is 0.346. The zero-order chi connectivity index (χ0) is 19.8. The van der Waals surface area contributed by atoms with Crippen molar-refractivity contribution in [3.63, 3.8) is 0 Å². The molecule has 2 aromatic carbocycles. The van der Waals surface area contributed by atoms with Crippen molar-refractivity contribution in [3.8, 4) is 0 Å². The Labute approximate surface area is 172 Å². The van der Waals surface area contributed by atoms with E-state index in [4.69, 9.17) is 0 Å². The van der Waals surface area contributed by atoms with Crippen LogP contribution < -0.4 is 4.57 Å². The van der Waals surface area contributed by atoms with Crippen LogP contribution in [-0.2, 0) is 6.54 Å². The molecule has 3 saturated heterocycles. The van der Waals surface area contributed by atoms with Gasteiger partial charge in [-0.2, -0.15) is 4.57 Å². The predicted octanol–water partition coefficient (Wildman–Crippen LogP) is 4.11. The summed E-state index contributed by atoms with van der Waals surface area (Å²) in [6, 6.07) is 21.3. The van der Waals surface area contributed by atoms with Gasteiger partial charge in [-0.3, -0.25) is 4.90 Å². The number of pyridine rings is 1. The van der Waals surface area contributed by atoms with Crippen LogP contribution in [0.25, 0.3) is 10.9 Å². The van der Waals surface area contributed by atoms with Crippen molar-refractivity contribution in [1.29, 1.82) is 0 Å². The van der Waals surface area contributed by atoms with Crippen LogP contribution in [0.1, 0.15) is 30.1 Å². The number of fused-ring (bicyclic) bond motifs is 4. The van der Waals surface area contributed by atoms with E-state index in [-0.39, 0.29) is 6.04 Å². The molecule has 3 aliphatic rings. The Bertz CT molecular complexity index is 1020. The second-order valence-electron chi connectivity index (χ2n) is 8.59. The largest absolute Gasteiger partial charge is 0.387 e. The molecule has 2 bridgehead atoms. The van der Waals surface area contributed by atoms with Crippen LogP contribution in [0, 0.1) is 11.8 Å². The van der Waals surface area contributed by atoms with Gasteiger partial charge in [0.15, 0.2) is 12.7 Å². The molecule has 0 saturated carbocycles. The molecule has 0 spiro atoms. The molecule has 148 valence electrons. The highest BCUT2D eigenvalue weighted by Crippen LogP contribution is 2.41. The standard InChI is InChI=1S/C26H29N2O/c1-2-20-18-28-14-12-21(20)16-25(28)26(29)23-13-15-27(17-19-8-4-3-5-9-19)24-11-7-6-10-22(23)24/h2-11,13,15,20-21,25-26,29H,1,12,14,16-18H2/q+1/t20-,21-,25+,26+/m0/s1. The van der Waals surface area contributed by atoms with Gasteiger partial charge in [0.25, 0.3) is 0 Å². The molecule has 3 aliphatic heterocycles. The van der Waals surface area contributed by atoms with Crippen LogP contribution in [0.2, 0.25) is 0 Å². The van der Waals surface area contributed by atoms with E-state index >= 15 is 0 Å². The van der Waals surface area contributed by atoms with Gasteiger partial charge in [0, 0.05) is 35.8 Å². The molecule has 6 rings (SSSR count). The predicted molar refractivity (Wildman–Crippen MR) is 116 cm³/mol. The molecular formula is C26H29N2O+. The first-order chi connectivity index (χ1) is 14.2. The summed E-state index contributed by atoms with van der Waals surface area (Å²) in [6.07, 6.45) is 6.08. The molecule has 1 unspecified atom stereocenters. The topological polar surface area (TPSA) is 27.3 Å². The second kappa shape index (κ2) is 7.74. The van der Waals surface area contributed by atoms with Crippen LogP contribution in [0.3, 0.4) is 0 Å². The van der Waals surface area contributed by atoms with Crippen molar-refractivity contribution in [3.05, 3.63) is 90.6 Å². The maximum atomic E-state index is 11.4. The third-order valence-electron chi connectivity index (χ3n) is 6.99. The van der Waals surface area contributed by atoms with Gasteiger partial charge < -0.3 is 5.11 Å². The van der Waals surface area contributed by atoms with E-state index in [1.807, 2.05) is 0 Å². The van der Waals surface area contributed by atoms with Crippen LogP contribution in [0.15, 0.2) is 79.5 Å². The Morgan fingerprint density at radius 2 is 1.90 bits per heavy atom. The lowest BCUT2D eigenvalue weighted by Crippen LogP contribution is -2.54. The summed E-state index contributed by atoms with van der Waals surface area (Å²) in [5.74, 6) is 1.24. The summed E-state index contributed by atoms with van der Waals surface area (Å²) in [5.41, 5.74) is 3.51. The van der Waals surface area contributed by atoms with E-state index in [1.165, 1.54) is 17.5 Å². The smallest absolute Gasteiger partial charge is 0.213 e. The Hall–Kier alpha value is -2.49. The van der Waals surface area contributed by atoms with Crippen molar-refractivity contribution in [2.24, 2.45) is 11.8 Å². The highest BCUT2D eigenvalue weighted by Gasteiger charge is 2.42. The molecule has 4 heterocycles. The van der Waals surface area contributed by atoms with E-state index in [0.717, 1.165) is 37.0 Å². The molecule has 3 nitrogen and oxygen atoms in total. The van der Waals surface area contributed by atoms with E-state index in [0.29, 0.717) is 11.8 Å². The normalized spacial score (nSPS) is 27.1. The molecule has 29 heavy (non-hydrogen) atoms. The monoisotopic (exact) mass is 385 g/mol. The van der Waals surface area contributed by atoms with Gasteiger partial charge >= 0.3 is 0 Å². The minimum absolute atomic E-state index is 0.207. The molecule has 5 atom stereocenters. The zero-order valence-corrected chi connectivity index (χ0v) is 16.8. The lowest BCUT2D eigenvalue weighted by Gasteiger charge is -2.50. The molecule has 0 amide bonds. The highest BCUT2D eigenvalue weighted by molar-refractivity contribution is 5.79. The van der Waals surface area contributed by atoms with E-state index < -0.39 is 6.10 Å². The van der Waals surface area contributed by atoms with E-state index in [2.05, 4.69) is 89.0 Å². The number of aliphatic hydroxyl groups is 1. The van der Waals surface area contributed by atoms with Crippen molar-refractivity contribution in [2.75, 3.05) is 13.1 Å². The molecule has 0 radical (unpaired) electrons. The van der Waals surface area contributed by atoms with Crippen molar-refractivity contribution in [2.45, 2.75) is 31.5 Å². The Kier molecular flexibility index (Phi) is 4.94. The minimum Gasteiger partial charge on any atom is -0.387 e. The van der Waals surface area contributed by atoms with Gasteiger partial charge in [0.1, 0.15) is 0 Å². The van der Waals surface area contributed by atoms with Gasteiger partial charge in [0.05, 0.1) is 11.5 Å². The average molecular weight is 386 g/mol. The third-order valence-corrected chi connectivity index (χ3v) is 6.99. The minimum atomic E-state index is -0.458. The van der Waals surface area contributed by atoms with Crippen LogP contribution in [-0.4, -0.2) is 29.1 Å². The summed E-state index contributed by atoms with van der Waals surface area (Å²) < 4.78 is 2.28. The van der Waals surface area contributed by atoms with E-state index in [1.54, 1.807) is 0 Å². The molecule has 0 aliphatic carbocycles. The van der Waals surface area contributed by atoms with Gasteiger partial charge in [-0.25, -0.2) is 0 Å². The Morgan fingerprint density at radius 3 is 2.66 bits per heavy atom. The summed E-state index contributed by atoms with van der Waals surface area (Å²) in [5, 5.41) is 12.6. The van der Waals surface area contributed by atoms with Crippen molar-refractivity contribution in [1.82, 2.24) is 4.90 Å². The van der Waals surface area contributed by atoms with Crippen molar-refractivity contribution < 1.29 is 9.67 Å². The van der Waals surface area contributed by atoms with E-state index in [9.17, 15) is 5.11 Å². The summed E-state index contributed by atoms with van der Waals surface area (Å²) in [7, 11) is 0. The van der Waals surface area contributed by atoms with Gasteiger partial charge in [-0.15, -0.1) is 6.58 Å². The number of nitrogens with zero attached hydrogens (tertiary/aromatic N) is 2. The fourth-order valence-corrected chi connectivity index (χ4v) is 5.40. The first kappa shape index (κ1) is 18.5. The highest BCUT2D eigenvalue weighted by atomic mass is 16.3. The second-order valence-corrected chi connectivity index (χ2v) is 8.59. The Balaban J connectivity index is 1.48. The zero-order valence-electron chi connectivity index (χ0n) is 16.8. The number of para-hydroxylation sites is 1. The molecule has 3 aromatic rings. The van der Waals surface area contributed by atoms with Crippen LogP contribution >= 0.6 is 0 Å². The summed E-state index contributed by atoms with van der Waals surface area (Å²) in [6.45, 7) is 6.98. The molecule has 1 aromatic heterocycles. The number of aliphatic hydroxyl groups excluding tert-OH is 1. The third kappa shape index (κ3) is 3.39. The Morgan fingerprint density at radius 1 is 1.10 bits per heavy atom.